The molecule has 0 unspecified atom stereocenters. The van der Waals surface area contributed by atoms with Crippen LogP contribution in [0.3, 0.4) is 0 Å². The van der Waals surface area contributed by atoms with Crippen molar-refractivity contribution in [1.29, 1.82) is 0 Å². The Morgan fingerprint density at radius 1 is 1.15 bits per heavy atom. The van der Waals surface area contributed by atoms with Crippen LogP contribution in [0.15, 0.2) is 26.0 Å². The minimum atomic E-state index is -3.52. The van der Waals surface area contributed by atoms with Crippen molar-refractivity contribution in [1.82, 2.24) is 4.72 Å². The Morgan fingerprint density at radius 2 is 1.75 bits per heavy atom. The van der Waals surface area contributed by atoms with E-state index in [1.807, 2.05) is 6.92 Å². The van der Waals surface area contributed by atoms with Gasteiger partial charge in [-0.25, -0.2) is 13.1 Å². The Bertz CT molecular complexity index is 599. The van der Waals surface area contributed by atoms with Crippen LogP contribution in [0.2, 0.25) is 0 Å². The molecule has 3 nitrogen and oxygen atoms in total. The quantitative estimate of drug-likeness (QED) is 0.703. The number of aryl methyl sites for hydroxylation is 1. The summed E-state index contributed by atoms with van der Waals surface area (Å²) in [4.78, 5) is 0.267. The normalized spacial score (nSPS) is 23.8. The number of halogens is 3. The molecule has 1 fully saturated rings. The predicted molar refractivity (Wildman–Crippen MR) is 88.8 cm³/mol. The number of hydrogen-bond donors (Lipinski definition) is 1. The fraction of sp³-hybridized carbons (Fsp3) is 0.538. The average molecular weight is 446 g/mol. The molecule has 2 rings (SSSR count). The van der Waals surface area contributed by atoms with Gasteiger partial charge < -0.3 is 0 Å². The van der Waals surface area contributed by atoms with Gasteiger partial charge in [-0.15, -0.1) is 11.6 Å². The minimum Gasteiger partial charge on any atom is -0.208 e. The van der Waals surface area contributed by atoms with Gasteiger partial charge in [0.15, 0.2) is 0 Å². The second kappa shape index (κ2) is 6.65. The monoisotopic (exact) mass is 443 g/mol. The molecule has 1 aliphatic carbocycles. The van der Waals surface area contributed by atoms with Gasteiger partial charge >= 0.3 is 0 Å². The van der Waals surface area contributed by atoms with Crippen LogP contribution >= 0.6 is 43.5 Å². The van der Waals surface area contributed by atoms with E-state index in [1.54, 1.807) is 12.1 Å². The Labute approximate surface area is 141 Å². The zero-order valence-electron chi connectivity index (χ0n) is 11.0. The van der Waals surface area contributed by atoms with Gasteiger partial charge in [-0.1, -0.05) is 15.9 Å². The van der Waals surface area contributed by atoms with Gasteiger partial charge in [0.05, 0.1) is 4.90 Å². The smallest absolute Gasteiger partial charge is 0.208 e. The second-order valence-corrected chi connectivity index (χ2v) is 9.11. The predicted octanol–water partition coefficient (Wildman–Crippen LogP) is 4.35. The standard InChI is InChI=1S/C13H16Br2ClNO2S/c1-8-6-12(15)13(7-11(8)14)20(18,19)17-10-4-2-9(16)3-5-10/h6-7,9-10,17H,2-5H2,1H3. The third-order valence-electron chi connectivity index (χ3n) is 3.48. The van der Waals surface area contributed by atoms with Gasteiger partial charge in [-0.2, -0.15) is 0 Å². The molecule has 0 atom stereocenters. The molecule has 0 saturated heterocycles. The summed E-state index contributed by atoms with van der Waals surface area (Å²) in [6.07, 6.45) is 3.29. The maximum atomic E-state index is 12.5. The molecule has 0 aliphatic heterocycles. The molecule has 20 heavy (non-hydrogen) atoms. The summed E-state index contributed by atoms with van der Waals surface area (Å²) in [6.45, 7) is 1.92. The number of nitrogens with one attached hydrogen (secondary N) is 1. The molecule has 1 N–H and O–H groups in total. The summed E-state index contributed by atoms with van der Waals surface area (Å²) in [7, 11) is -3.52. The second-order valence-electron chi connectivity index (χ2n) is 5.10. The number of rotatable bonds is 3. The lowest BCUT2D eigenvalue weighted by Gasteiger charge is -2.25. The van der Waals surface area contributed by atoms with Gasteiger partial charge in [-0.05, 0) is 66.2 Å². The molecule has 1 aliphatic rings. The Balaban J connectivity index is 2.20. The summed E-state index contributed by atoms with van der Waals surface area (Å²) < 4.78 is 29.1. The molecule has 1 aromatic carbocycles. The van der Waals surface area contributed by atoms with Crippen molar-refractivity contribution in [2.45, 2.75) is 48.9 Å². The third kappa shape index (κ3) is 3.97. The Morgan fingerprint density at radius 3 is 2.35 bits per heavy atom. The molecule has 0 spiro atoms. The first kappa shape index (κ1) is 16.7. The first-order valence-electron chi connectivity index (χ1n) is 6.41. The van der Waals surface area contributed by atoms with Crippen molar-refractivity contribution < 1.29 is 8.42 Å². The van der Waals surface area contributed by atoms with E-state index in [0.29, 0.717) is 4.47 Å². The van der Waals surface area contributed by atoms with Crippen molar-refractivity contribution in [3.05, 3.63) is 26.6 Å². The lowest BCUT2D eigenvalue weighted by molar-refractivity contribution is 0.416. The van der Waals surface area contributed by atoms with Crippen LogP contribution in [-0.4, -0.2) is 19.8 Å². The van der Waals surface area contributed by atoms with E-state index < -0.39 is 10.0 Å². The van der Waals surface area contributed by atoms with Crippen LogP contribution in [0.25, 0.3) is 0 Å². The van der Waals surface area contributed by atoms with Gasteiger partial charge in [0, 0.05) is 20.4 Å². The van der Waals surface area contributed by atoms with E-state index in [9.17, 15) is 8.42 Å². The highest BCUT2D eigenvalue weighted by Crippen LogP contribution is 2.30. The van der Waals surface area contributed by atoms with E-state index in [1.165, 1.54) is 0 Å². The molecule has 1 saturated carbocycles. The molecule has 1 aromatic rings. The van der Waals surface area contributed by atoms with Gasteiger partial charge in [-0.3, -0.25) is 0 Å². The van der Waals surface area contributed by atoms with E-state index in [-0.39, 0.29) is 16.3 Å². The van der Waals surface area contributed by atoms with Crippen molar-refractivity contribution >= 4 is 53.5 Å². The molecular formula is C13H16Br2ClNO2S. The van der Waals surface area contributed by atoms with Crippen LogP contribution in [-0.2, 0) is 10.0 Å². The zero-order valence-corrected chi connectivity index (χ0v) is 15.7. The van der Waals surface area contributed by atoms with E-state index >= 15 is 0 Å². The molecule has 7 heteroatoms. The summed E-state index contributed by atoms with van der Waals surface area (Å²) in [5, 5.41) is 0.177. The zero-order chi connectivity index (χ0) is 14.9. The molecule has 0 radical (unpaired) electrons. The Hall–Kier alpha value is 0.380. The molecular weight excluding hydrogens is 429 g/mol. The Kier molecular flexibility index (Phi) is 5.57. The maximum absolute atomic E-state index is 12.5. The highest BCUT2D eigenvalue weighted by molar-refractivity contribution is 9.11. The number of hydrogen-bond acceptors (Lipinski definition) is 2. The largest absolute Gasteiger partial charge is 0.241 e. The molecule has 0 heterocycles. The maximum Gasteiger partial charge on any atom is 0.241 e. The van der Waals surface area contributed by atoms with Crippen molar-refractivity contribution in [3.63, 3.8) is 0 Å². The number of sulfonamides is 1. The lowest BCUT2D eigenvalue weighted by atomic mass is 9.96. The van der Waals surface area contributed by atoms with Crippen LogP contribution in [0.4, 0.5) is 0 Å². The fourth-order valence-electron chi connectivity index (χ4n) is 2.29. The number of benzene rings is 1. The van der Waals surface area contributed by atoms with Crippen LogP contribution in [0.5, 0.6) is 0 Å². The first-order valence-corrected chi connectivity index (χ1v) is 9.92. The molecule has 0 bridgehead atoms. The topological polar surface area (TPSA) is 46.2 Å². The first-order chi connectivity index (χ1) is 9.29. The van der Waals surface area contributed by atoms with Gasteiger partial charge in [0.1, 0.15) is 0 Å². The minimum absolute atomic E-state index is 0.0259. The van der Waals surface area contributed by atoms with Crippen LogP contribution in [0, 0.1) is 6.92 Å². The van der Waals surface area contributed by atoms with Crippen molar-refractivity contribution in [3.8, 4) is 0 Å². The molecule has 112 valence electrons. The van der Waals surface area contributed by atoms with E-state index in [0.717, 1.165) is 35.7 Å². The lowest BCUT2D eigenvalue weighted by Crippen LogP contribution is -2.37. The van der Waals surface area contributed by atoms with Crippen molar-refractivity contribution in [2.75, 3.05) is 0 Å². The number of alkyl halides is 1. The third-order valence-corrected chi connectivity index (χ3v) is 7.25. The molecule has 0 amide bonds. The van der Waals surface area contributed by atoms with E-state index in [2.05, 4.69) is 36.6 Å². The average Bonchev–Trinajstić information content (AvgIpc) is 2.36. The summed E-state index contributed by atoms with van der Waals surface area (Å²) in [6, 6.07) is 3.41. The van der Waals surface area contributed by atoms with E-state index in [4.69, 9.17) is 11.6 Å². The SMILES string of the molecule is Cc1cc(Br)c(S(=O)(=O)NC2CCC(Cl)CC2)cc1Br. The van der Waals surface area contributed by atoms with Crippen LogP contribution < -0.4 is 4.72 Å². The van der Waals surface area contributed by atoms with Gasteiger partial charge in [0.2, 0.25) is 10.0 Å². The summed E-state index contributed by atoms with van der Waals surface area (Å²) in [5.41, 5.74) is 0.985. The summed E-state index contributed by atoms with van der Waals surface area (Å²) >= 11 is 12.7. The van der Waals surface area contributed by atoms with Crippen molar-refractivity contribution in [2.24, 2.45) is 0 Å². The highest BCUT2D eigenvalue weighted by atomic mass is 79.9. The molecule has 0 aromatic heterocycles. The fourth-order valence-corrected chi connectivity index (χ4v) is 5.52. The summed E-state index contributed by atoms with van der Waals surface area (Å²) in [5.74, 6) is 0. The van der Waals surface area contributed by atoms with Crippen LogP contribution in [0.1, 0.15) is 31.2 Å². The van der Waals surface area contributed by atoms with Gasteiger partial charge in [0.25, 0.3) is 0 Å². The highest BCUT2D eigenvalue weighted by Gasteiger charge is 2.26.